The van der Waals surface area contributed by atoms with Gasteiger partial charge in [0.2, 0.25) is 5.89 Å². The molecule has 4 aromatic carbocycles. The highest BCUT2D eigenvalue weighted by Gasteiger charge is 2.09. The summed E-state index contributed by atoms with van der Waals surface area (Å²) in [5.74, 6) is 1.39. The number of allylic oxidation sites excluding steroid dienone is 2. The number of benzene rings is 4. The first-order chi connectivity index (χ1) is 16.3. The summed E-state index contributed by atoms with van der Waals surface area (Å²) in [6.07, 6.45) is 10.1. The van der Waals surface area contributed by atoms with Crippen LogP contribution in [0.25, 0.3) is 46.1 Å². The van der Waals surface area contributed by atoms with Crippen molar-refractivity contribution in [2.75, 3.05) is 0 Å². The molecule has 33 heavy (non-hydrogen) atoms. The van der Waals surface area contributed by atoms with Crippen molar-refractivity contribution in [3.8, 4) is 33.9 Å². The van der Waals surface area contributed by atoms with Gasteiger partial charge >= 0.3 is 0 Å². The summed E-state index contributed by atoms with van der Waals surface area (Å²) in [6, 6.07) is 37.2. The third-order valence-electron chi connectivity index (χ3n) is 5.43. The van der Waals surface area contributed by atoms with Gasteiger partial charge in [0.25, 0.3) is 0 Å². The van der Waals surface area contributed by atoms with E-state index in [-0.39, 0.29) is 0 Å². The zero-order chi connectivity index (χ0) is 22.3. The summed E-state index contributed by atoms with van der Waals surface area (Å²) in [5.41, 5.74) is 6.66. The number of hydrogen-bond donors (Lipinski definition) is 0. The molecular weight excluding hydrogens is 402 g/mol. The van der Waals surface area contributed by atoms with Crippen molar-refractivity contribution < 1.29 is 4.42 Å². The zero-order valence-corrected chi connectivity index (χ0v) is 18.1. The fraction of sp³-hybridized carbons (Fsp3) is 0. The van der Waals surface area contributed by atoms with Crippen LogP contribution in [0.2, 0.25) is 0 Å². The lowest BCUT2D eigenvalue weighted by molar-refractivity contribution is 0.589. The lowest BCUT2D eigenvalue weighted by Gasteiger charge is -2.02. The van der Waals surface area contributed by atoms with Crippen molar-refractivity contribution in [1.82, 2.24) is 4.98 Å². The monoisotopic (exact) mass is 425 g/mol. The maximum absolute atomic E-state index is 6.05. The number of aromatic nitrogens is 1. The first-order valence-corrected chi connectivity index (χ1v) is 11.0. The molecule has 0 fully saturated rings. The molecule has 0 saturated carbocycles. The van der Waals surface area contributed by atoms with E-state index < -0.39 is 0 Å². The molecule has 0 spiro atoms. The van der Waals surface area contributed by atoms with E-state index in [0.717, 1.165) is 22.5 Å². The predicted octanol–water partition coefficient (Wildman–Crippen LogP) is 8.40. The van der Waals surface area contributed by atoms with Crippen LogP contribution in [0.15, 0.2) is 132 Å². The molecule has 0 bridgehead atoms. The number of rotatable bonds is 6. The molecule has 2 heteroatoms. The lowest BCUT2D eigenvalue weighted by atomic mass is 10.0. The van der Waals surface area contributed by atoms with Crippen LogP contribution in [0, 0.1) is 0 Å². The largest absolute Gasteiger partial charge is 0.436 e. The van der Waals surface area contributed by atoms with Crippen molar-refractivity contribution in [3.05, 3.63) is 139 Å². The van der Waals surface area contributed by atoms with Crippen molar-refractivity contribution >= 4 is 12.2 Å². The molecule has 1 heterocycles. The summed E-state index contributed by atoms with van der Waals surface area (Å²) in [5, 5.41) is 0. The van der Waals surface area contributed by atoms with E-state index in [1.165, 1.54) is 16.7 Å². The molecular formula is C31H23NO. The van der Waals surface area contributed by atoms with Gasteiger partial charge in [-0.3, -0.25) is 0 Å². The van der Waals surface area contributed by atoms with Crippen molar-refractivity contribution in [3.63, 3.8) is 0 Å². The molecule has 1 aromatic heterocycles. The van der Waals surface area contributed by atoms with Gasteiger partial charge in [0.15, 0.2) is 5.76 Å². The Morgan fingerprint density at radius 1 is 0.485 bits per heavy atom. The lowest BCUT2D eigenvalue weighted by Crippen LogP contribution is -1.79. The van der Waals surface area contributed by atoms with Crippen LogP contribution in [0.5, 0.6) is 0 Å². The van der Waals surface area contributed by atoms with E-state index in [2.05, 4.69) is 89.9 Å². The molecule has 2 nitrogen and oxygen atoms in total. The second-order valence-corrected chi connectivity index (χ2v) is 7.72. The highest BCUT2D eigenvalue weighted by Crippen LogP contribution is 2.28. The summed E-state index contributed by atoms with van der Waals surface area (Å²) in [7, 11) is 0. The minimum atomic E-state index is 0.622. The highest BCUT2D eigenvalue weighted by atomic mass is 16.4. The van der Waals surface area contributed by atoms with Gasteiger partial charge in [-0.1, -0.05) is 121 Å². The summed E-state index contributed by atoms with van der Waals surface area (Å²) >= 11 is 0. The Morgan fingerprint density at radius 3 is 1.67 bits per heavy atom. The smallest absolute Gasteiger partial charge is 0.226 e. The van der Waals surface area contributed by atoms with Gasteiger partial charge in [-0.2, -0.15) is 0 Å². The number of hydrogen-bond acceptors (Lipinski definition) is 2. The third-order valence-corrected chi connectivity index (χ3v) is 5.43. The topological polar surface area (TPSA) is 26.0 Å². The molecule has 0 amide bonds. The Balaban J connectivity index is 1.26. The van der Waals surface area contributed by atoms with E-state index in [9.17, 15) is 0 Å². The summed E-state index contributed by atoms with van der Waals surface area (Å²) in [4.78, 5) is 4.49. The van der Waals surface area contributed by atoms with E-state index in [0.29, 0.717) is 5.89 Å². The van der Waals surface area contributed by atoms with E-state index in [1.54, 1.807) is 6.20 Å². The third kappa shape index (κ3) is 5.08. The standard InChI is InChI=1S/C31H23NO/c1-3-9-24(10-4-1)11-7-8-12-25-15-17-29(18-16-25)31-32-23-30(33-31)28-21-19-27(20-22-28)26-13-5-2-6-14-26/h1-23H/b11-7+,12-8+. The first-order valence-electron chi connectivity index (χ1n) is 11.0. The van der Waals surface area contributed by atoms with Gasteiger partial charge in [0, 0.05) is 11.1 Å². The van der Waals surface area contributed by atoms with Gasteiger partial charge in [-0.25, -0.2) is 4.98 Å². The molecule has 0 radical (unpaired) electrons. The van der Waals surface area contributed by atoms with Gasteiger partial charge < -0.3 is 4.42 Å². The Morgan fingerprint density at radius 2 is 1.00 bits per heavy atom. The minimum absolute atomic E-state index is 0.622. The molecule has 0 atom stereocenters. The van der Waals surface area contributed by atoms with Crippen molar-refractivity contribution in [2.24, 2.45) is 0 Å². The predicted molar refractivity (Wildman–Crippen MR) is 137 cm³/mol. The van der Waals surface area contributed by atoms with Gasteiger partial charge in [0.05, 0.1) is 6.20 Å². The van der Waals surface area contributed by atoms with E-state index in [4.69, 9.17) is 4.42 Å². The minimum Gasteiger partial charge on any atom is -0.436 e. The SMILES string of the molecule is C(/C=C/c1ccc(-c2ncc(-c3ccc(-c4ccccc4)cc3)o2)cc1)=C\c1ccccc1. The van der Waals surface area contributed by atoms with E-state index >= 15 is 0 Å². The molecule has 5 rings (SSSR count). The average Bonchev–Trinajstić information content (AvgIpc) is 3.39. The average molecular weight is 426 g/mol. The molecule has 0 aliphatic rings. The molecule has 158 valence electrons. The summed E-state index contributed by atoms with van der Waals surface area (Å²) in [6.45, 7) is 0. The Labute approximate surface area is 194 Å². The zero-order valence-electron chi connectivity index (χ0n) is 18.1. The van der Waals surface area contributed by atoms with Crippen LogP contribution in [-0.4, -0.2) is 4.98 Å². The first kappa shape index (κ1) is 20.5. The van der Waals surface area contributed by atoms with E-state index in [1.807, 2.05) is 48.6 Å². The van der Waals surface area contributed by atoms with Crippen molar-refractivity contribution in [1.29, 1.82) is 0 Å². The fourth-order valence-corrected chi connectivity index (χ4v) is 3.63. The van der Waals surface area contributed by atoms with Gasteiger partial charge in [-0.05, 0) is 34.4 Å². The van der Waals surface area contributed by atoms with Gasteiger partial charge in [0.1, 0.15) is 0 Å². The normalized spacial score (nSPS) is 11.4. The molecule has 0 N–H and O–H groups in total. The Bertz CT molecular complexity index is 1360. The van der Waals surface area contributed by atoms with Crippen LogP contribution >= 0.6 is 0 Å². The Kier molecular flexibility index (Phi) is 6.08. The van der Waals surface area contributed by atoms with Crippen LogP contribution in [0.4, 0.5) is 0 Å². The quantitative estimate of drug-likeness (QED) is 0.255. The molecule has 0 saturated heterocycles. The number of oxazole rings is 1. The van der Waals surface area contributed by atoms with Crippen LogP contribution < -0.4 is 0 Å². The van der Waals surface area contributed by atoms with Crippen molar-refractivity contribution in [2.45, 2.75) is 0 Å². The molecule has 0 aliphatic carbocycles. The number of nitrogens with zero attached hydrogens (tertiary/aromatic N) is 1. The summed E-state index contributed by atoms with van der Waals surface area (Å²) < 4.78 is 6.05. The van der Waals surface area contributed by atoms with Crippen LogP contribution in [0.3, 0.4) is 0 Å². The van der Waals surface area contributed by atoms with Crippen LogP contribution in [0.1, 0.15) is 11.1 Å². The maximum Gasteiger partial charge on any atom is 0.226 e. The Hall–Kier alpha value is -4.43. The molecule has 0 aliphatic heterocycles. The maximum atomic E-state index is 6.05. The molecule has 0 unspecified atom stereocenters. The molecule has 5 aromatic rings. The highest BCUT2D eigenvalue weighted by molar-refractivity contribution is 5.69. The van der Waals surface area contributed by atoms with Crippen LogP contribution in [-0.2, 0) is 0 Å². The second kappa shape index (κ2) is 9.80. The fourth-order valence-electron chi connectivity index (χ4n) is 3.63. The second-order valence-electron chi connectivity index (χ2n) is 7.72. The van der Waals surface area contributed by atoms with Gasteiger partial charge in [-0.15, -0.1) is 0 Å².